The first-order valence-corrected chi connectivity index (χ1v) is 6.28. The summed E-state index contributed by atoms with van der Waals surface area (Å²) in [6, 6.07) is 3.74. The van der Waals surface area contributed by atoms with Crippen LogP contribution in [0.4, 0.5) is 0 Å². The van der Waals surface area contributed by atoms with Crippen molar-refractivity contribution < 1.29 is 9.90 Å². The van der Waals surface area contributed by atoms with E-state index in [-0.39, 0.29) is 6.42 Å². The number of aromatic nitrogens is 2. The van der Waals surface area contributed by atoms with Crippen LogP contribution in [0, 0.1) is 6.92 Å². The zero-order valence-electron chi connectivity index (χ0n) is 9.16. The minimum absolute atomic E-state index is 0.0809. The second-order valence-electron chi connectivity index (χ2n) is 3.65. The van der Waals surface area contributed by atoms with Crippen molar-refractivity contribution >= 4 is 28.9 Å². The van der Waals surface area contributed by atoms with E-state index < -0.39 is 5.97 Å². The van der Waals surface area contributed by atoms with Crippen LogP contribution >= 0.6 is 22.9 Å². The average Bonchev–Trinajstić information content (AvgIpc) is 2.82. The van der Waals surface area contributed by atoms with Gasteiger partial charge in [-0.25, -0.2) is 4.98 Å². The zero-order valence-corrected chi connectivity index (χ0v) is 10.7. The predicted octanol–water partition coefficient (Wildman–Crippen LogP) is 3.12. The second kappa shape index (κ2) is 4.89. The number of hydrogen-bond acceptors (Lipinski definition) is 3. The number of aliphatic carboxylic acids is 1. The molecule has 0 spiro atoms. The smallest absolute Gasteiger partial charge is 0.303 e. The van der Waals surface area contributed by atoms with E-state index in [1.807, 2.05) is 19.1 Å². The number of rotatable bonds is 4. The van der Waals surface area contributed by atoms with Crippen LogP contribution in [0.15, 0.2) is 12.1 Å². The van der Waals surface area contributed by atoms with Gasteiger partial charge in [0, 0.05) is 12.1 Å². The van der Waals surface area contributed by atoms with Crippen LogP contribution in [-0.2, 0) is 11.2 Å². The Morgan fingerprint density at radius 3 is 2.94 bits per heavy atom. The molecule has 0 aliphatic rings. The van der Waals surface area contributed by atoms with Crippen molar-refractivity contribution in [3.05, 3.63) is 28.0 Å². The highest BCUT2D eigenvalue weighted by Crippen LogP contribution is 2.31. The number of aromatic amines is 1. The molecule has 2 aromatic heterocycles. The Kier molecular flexibility index (Phi) is 3.49. The first kappa shape index (κ1) is 12.1. The van der Waals surface area contributed by atoms with E-state index in [9.17, 15) is 4.79 Å². The van der Waals surface area contributed by atoms with Crippen LogP contribution in [0.3, 0.4) is 0 Å². The number of aryl methyl sites for hydroxylation is 2. The van der Waals surface area contributed by atoms with Crippen LogP contribution in [0.25, 0.3) is 10.6 Å². The molecule has 4 nitrogen and oxygen atoms in total. The number of hydrogen-bond donors (Lipinski definition) is 2. The van der Waals surface area contributed by atoms with E-state index in [0.29, 0.717) is 12.2 Å². The van der Waals surface area contributed by atoms with Gasteiger partial charge >= 0.3 is 5.97 Å². The lowest BCUT2D eigenvalue weighted by molar-refractivity contribution is -0.137. The topological polar surface area (TPSA) is 66.0 Å². The molecule has 2 heterocycles. The van der Waals surface area contributed by atoms with Gasteiger partial charge in [-0.3, -0.25) is 4.79 Å². The molecule has 0 radical (unpaired) electrons. The molecule has 2 aromatic rings. The molecule has 0 aliphatic carbocycles. The van der Waals surface area contributed by atoms with E-state index >= 15 is 0 Å². The van der Waals surface area contributed by atoms with Crippen LogP contribution in [0.2, 0.25) is 4.34 Å². The van der Waals surface area contributed by atoms with Crippen molar-refractivity contribution in [1.29, 1.82) is 0 Å². The van der Waals surface area contributed by atoms with E-state index in [1.54, 1.807) is 0 Å². The van der Waals surface area contributed by atoms with Crippen molar-refractivity contribution in [3.63, 3.8) is 0 Å². The number of carboxylic acids is 1. The largest absolute Gasteiger partial charge is 0.481 e. The summed E-state index contributed by atoms with van der Waals surface area (Å²) in [5.74, 6) is -0.121. The highest BCUT2D eigenvalue weighted by molar-refractivity contribution is 7.19. The Hall–Kier alpha value is -1.33. The standard InChI is InChI=1S/C11H11ClN2O2S/c1-6-11(7-2-3-8(12)17-7)14-9(13-6)4-5-10(15)16/h2-3H,4-5H2,1H3,(H,13,14)(H,15,16). The first-order chi connectivity index (χ1) is 8.06. The van der Waals surface area contributed by atoms with Crippen LogP contribution in [0.5, 0.6) is 0 Å². The highest BCUT2D eigenvalue weighted by Gasteiger charge is 2.11. The number of nitrogens with zero attached hydrogens (tertiary/aromatic N) is 1. The molecule has 0 saturated heterocycles. The zero-order chi connectivity index (χ0) is 12.4. The molecule has 6 heteroatoms. The molecule has 0 atom stereocenters. The Bertz CT molecular complexity index is 547. The third-order valence-corrected chi connectivity index (χ3v) is 3.55. The molecule has 17 heavy (non-hydrogen) atoms. The van der Waals surface area contributed by atoms with Crippen molar-refractivity contribution in [2.75, 3.05) is 0 Å². The fraction of sp³-hybridized carbons (Fsp3) is 0.273. The molecule has 0 aromatic carbocycles. The van der Waals surface area contributed by atoms with E-state index in [2.05, 4.69) is 9.97 Å². The monoisotopic (exact) mass is 270 g/mol. The summed E-state index contributed by atoms with van der Waals surface area (Å²) in [7, 11) is 0. The number of carbonyl (C=O) groups is 1. The van der Waals surface area contributed by atoms with Gasteiger partial charge in [-0.05, 0) is 19.1 Å². The molecule has 2 rings (SSSR count). The van der Waals surface area contributed by atoms with Crippen molar-refractivity contribution in [1.82, 2.24) is 9.97 Å². The molecular weight excluding hydrogens is 260 g/mol. The minimum Gasteiger partial charge on any atom is -0.481 e. The predicted molar refractivity (Wildman–Crippen MR) is 67.6 cm³/mol. The Labute approximate surface area is 107 Å². The molecule has 2 N–H and O–H groups in total. The number of imidazole rings is 1. The maximum Gasteiger partial charge on any atom is 0.303 e. The van der Waals surface area contributed by atoms with Gasteiger partial charge < -0.3 is 10.1 Å². The Morgan fingerprint density at radius 1 is 1.59 bits per heavy atom. The number of thiophene rings is 1. The average molecular weight is 271 g/mol. The van der Waals surface area contributed by atoms with Crippen LogP contribution in [0.1, 0.15) is 17.9 Å². The molecule has 0 fully saturated rings. The quantitative estimate of drug-likeness (QED) is 0.897. The third kappa shape index (κ3) is 2.87. The molecular formula is C11H11ClN2O2S. The lowest BCUT2D eigenvalue weighted by atomic mass is 10.3. The Balaban J connectivity index is 2.21. The van der Waals surface area contributed by atoms with Crippen LogP contribution in [-0.4, -0.2) is 21.0 Å². The summed E-state index contributed by atoms with van der Waals surface area (Å²) >= 11 is 7.33. The Morgan fingerprint density at radius 2 is 2.35 bits per heavy atom. The number of nitrogens with one attached hydrogen (secondary N) is 1. The van der Waals surface area contributed by atoms with Gasteiger partial charge in [0.25, 0.3) is 0 Å². The minimum atomic E-state index is -0.820. The summed E-state index contributed by atoms with van der Waals surface area (Å²) in [6.45, 7) is 1.92. The summed E-state index contributed by atoms with van der Waals surface area (Å²) in [4.78, 5) is 19.0. The summed E-state index contributed by atoms with van der Waals surface area (Å²) in [6.07, 6.45) is 0.493. The van der Waals surface area contributed by atoms with Gasteiger partial charge in [-0.2, -0.15) is 0 Å². The van der Waals surface area contributed by atoms with Gasteiger partial charge in [0.1, 0.15) is 11.5 Å². The van der Waals surface area contributed by atoms with Gasteiger partial charge in [-0.15, -0.1) is 11.3 Å². The molecule has 0 saturated carbocycles. The lowest BCUT2D eigenvalue weighted by Gasteiger charge is -1.91. The molecule has 0 unspecified atom stereocenters. The molecule has 0 aliphatic heterocycles. The molecule has 0 amide bonds. The van der Waals surface area contributed by atoms with Gasteiger partial charge in [-0.1, -0.05) is 11.6 Å². The van der Waals surface area contributed by atoms with E-state index in [4.69, 9.17) is 16.7 Å². The number of H-pyrrole nitrogens is 1. The third-order valence-electron chi connectivity index (χ3n) is 2.32. The fourth-order valence-electron chi connectivity index (χ4n) is 1.55. The van der Waals surface area contributed by atoms with Gasteiger partial charge in [0.2, 0.25) is 0 Å². The fourth-order valence-corrected chi connectivity index (χ4v) is 2.64. The maximum atomic E-state index is 10.5. The van der Waals surface area contributed by atoms with Crippen LogP contribution < -0.4 is 0 Å². The number of halogens is 1. The second-order valence-corrected chi connectivity index (χ2v) is 5.37. The van der Waals surface area contributed by atoms with Gasteiger partial charge in [0.15, 0.2) is 0 Å². The van der Waals surface area contributed by atoms with Gasteiger partial charge in [0.05, 0.1) is 15.6 Å². The number of carboxylic acid groups (broad SMARTS) is 1. The highest BCUT2D eigenvalue weighted by atomic mass is 35.5. The maximum absolute atomic E-state index is 10.5. The SMILES string of the molecule is Cc1[nH]c(CCC(=O)O)nc1-c1ccc(Cl)s1. The van der Waals surface area contributed by atoms with Crippen molar-refractivity contribution in [2.45, 2.75) is 19.8 Å². The van der Waals surface area contributed by atoms with E-state index in [1.165, 1.54) is 11.3 Å². The molecule has 90 valence electrons. The van der Waals surface area contributed by atoms with E-state index in [0.717, 1.165) is 20.6 Å². The molecule has 0 bridgehead atoms. The normalized spacial score (nSPS) is 10.7. The lowest BCUT2D eigenvalue weighted by Crippen LogP contribution is -1.98. The summed E-state index contributed by atoms with van der Waals surface area (Å²) < 4.78 is 0.717. The van der Waals surface area contributed by atoms with Crippen molar-refractivity contribution in [2.24, 2.45) is 0 Å². The first-order valence-electron chi connectivity index (χ1n) is 5.09. The summed E-state index contributed by atoms with van der Waals surface area (Å²) in [5.41, 5.74) is 1.78. The summed E-state index contributed by atoms with van der Waals surface area (Å²) in [5, 5.41) is 8.61. The van der Waals surface area contributed by atoms with Crippen molar-refractivity contribution in [3.8, 4) is 10.6 Å².